The monoisotopic (exact) mass is 270 g/mol. The first kappa shape index (κ1) is 13.4. The highest BCUT2D eigenvalue weighted by Crippen LogP contribution is 2.29. The van der Waals surface area contributed by atoms with Gasteiger partial charge in [0.2, 0.25) is 5.39 Å². The van der Waals surface area contributed by atoms with Crippen molar-refractivity contribution in [3.05, 3.63) is 21.7 Å². The number of ether oxygens (including phenoxy) is 1. The van der Waals surface area contributed by atoms with E-state index < -0.39 is 48.4 Å². The Bertz CT molecular complexity index is 581. The zero-order valence-corrected chi connectivity index (χ0v) is 9.45. The van der Waals surface area contributed by atoms with Gasteiger partial charge in [0.05, 0.1) is 12.5 Å². The van der Waals surface area contributed by atoms with Crippen LogP contribution < -0.4 is 10.8 Å². The minimum Gasteiger partial charge on any atom is -0.853 e. The fourth-order valence-electron chi connectivity index (χ4n) is 1.80. The standard InChI is InChI=1S/C9H10N4O6/c10-12-3-1-13(9(18)11-7(3)17)8-6(16)5(15)4(2-14)19-8/h1,4-6,8,14-16H,2H2/t4-,5-,6-,8-/m1/s1. The number of hydrogen-bond donors (Lipinski definition) is 3. The molecule has 2 rings (SSSR count). The first-order valence-electron chi connectivity index (χ1n) is 5.27. The van der Waals surface area contributed by atoms with E-state index in [1.165, 1.54) is 0 Å². The number of aliphatic hydroxyl groups is 3. The first-order valence-corrected chi connectivity index (χ1v) is 5.27. The van der Waals surface area contributed by atoms with Gasteiger partial charge in [0.15, 0.2) is 11.2 Å². The van der Waals surface area contributed by atoms with Crippen molar-refractivity contribution in [2.75, 3.05) is 6.61 Å². The molecular formula is C9H10N4O6. The van der Waals surface area contributed by atoms with Crippen LogP contribution in [-0.4, -0.2) is 49.8 Å². The second-order valence-corrected chi connectivity index (χ2v) is 3.95. The Kier molecular flexibility index (Phi) is 3.45. The summed E-state index contributed by atoms with van der Waals surface area (Å²) in [5, 5.41) is 47.9. The van der Waals surface area contributed by atoms with E-state index in [2.05, 4.69) is 9.96 Å². The molecule has 0 saturated carbocycles. The lowest BCUT2D eigenvalue weighted by Gasteiger charge is -2.16. The molecule has 102 valence electrons. The molecule has 19 heavy (non-hydrogen) atoms. The maximum atomic E-state index is 11.5. The number of hydrogen-bond acceptors (Lipinski definition) is 8. The quantitative estimate of drug-likeness (QED) is 0.494. The molecule has 10 heteroatoms. The molecule has 1 aromatic heterocycles. The van der Waals surface area contributed by atoms with Crippen molar-refractivity contribution >= 4 is 5.69 Å². The van der Waals surface area contributed by atoms with Gasteiger partial charge in [0.25, 0.3) is 0 Å². The zero-order valence-electron chi connectivity index (χ0n) is 9.45. The number of aromatic nitrogens is 2. The van der Waals surface area contributed by atoms with E-state index in [0.29, 0.717) is 4.57 Å². The molecule has 0 spiro atoms. The predicted molar refractivity (Wildman–Crippen MR) is 55.7 cm³/mol. The van der Waals surface area contributed by atoms with Crippen LogP contribution in [0.25, 0.3) is 4.98 Å². The van der Waals surface area contributed by atoms with Gasteiger partial charge in [-0.2, -0.15) is 0 Å². The lowest BCUT2D eigenvalue weighted by Crippen LogP contribution is -2.36. The van der Waals surface area contributed by atoms with Gasteiger partial charge in [0.1, 0.15) is 24.5 Å². The summed E-state index contributed by atoms with van der Waals surface area (Å²) >= 11 is 0. The molecule has 0 aromatic carbocycles. The first-order chi connectivity index (χ1) is 8.99. The molecule has 4 atom stereocenters. The van der Waals surface area contributed by atoms with Gasteiger partial charge in [0, 0.05) is 0 Å². The minimum atomic E-state index is -1.50. The topological polar surface area (TPSA) is 156 Å². The van der Waals surface area contributed by atoms with Crippen LogP contribution in [0.4, 0.5) is 5.69 Å². The van der Waals surface area contributed by atoms with Crippen molar-refractivity contribution in [1.29, 1.82) is 5.39 Å². The summed E-state index contributed by atoms with van der Waals surface area (Å²) in [5.74, 6) is -1.03. The summed E-state index contributed by atoms with van der Waals surface area (Å²) in [4.78, 5) is 17.2. The van der Waals surface area contributed by atoms with E-state index in [1.807, 2.05) is 0 Å². The van der Waals surface area contributed by atoms with Crippen LogP contribution in [-0.2, 0) is 4.74 Å². The third-order valence-electron chi connectivity index (χ3n) is 2.80. The Morgan fingerprint density at radius 2 is 2.21 bits per heavy atom. The average molecular weight is 270 g/mol. The van der Waals surface area contributed by atoms with Crippen molar-refractivity contribution in [3.63, 3.8) is 0 Å². The Labute approximate surface area is 105 Å². The summed E-state index contributed by atoms with van der Waals surface area (Å²) < 4.78 is 5.80. The fraction of sp³-hybridized carbons (Fsp3) is 0.556. The van der Waals surface area contributed by atoms with Crippen molar-refractivity contribution < 1.29 is 25.2 Å². The van der Waals surface area contributed by atoms with Gasteiger partial charge in [-0.1, -0.05) is 0 Å². The maximum absolute atomic E-state index is 11.5. The van der Waals surface area contributed by atoms with Crippen LogP contribution in [0.2, 0.25) is 0 Å². The lowest BCUT2D eigenvalue weighted by atomic mass is 10.1. The second-order valence-electron chi connectivity index (χ2n) is 3.95. The van der Waals surface area contributed by atoms with Crippen LogP contribution >= 0.6 is 0 Å². The Balaban J connectivity index is 2.44. The molecule has 1 aliphatic heterocycles. The third kappa shape index (κ3) is 2.15. The normalized spacial score (nSPS) is 30.2. The molecule has 10 nitrogen and oxygen atoms in total. The number of diazo groups is 1. The number of nitrogens with zero attached hydrogens (tertiary/aromatic N) is 4. The SMILES string of the molecule is N#[N+]c1cn([C@@H]2O[C@H](CO)[C@@H](O)[C@H]2O)c(=O)nc1[O-]. The molecule has 2 heterocycles. The van der Waals surface area contributed by atoms with Crippen molar-refractivity contribution in [2.24, 2.45) is 0 Å². The smallest absolute Gasteiger partial charge is 0.412 e. The van der Waals surface area contributed by atoms with Gasteiger partial charge in [-0.15, -0.1) is 0 Å². The molecular weight excluding hydrogens is 260 g/mol. The minimum absolute atomic E-state index is 0.516. The summed E-state index contributed by atoms with van der Waals surface area (Å²) in [6.07, 6.45) is -4.47. The highest BCUT2D eigenvalue weighted by atomic mass is 16.6. The molecule has 0 unspecified atom stereocenters. The van der Waals surface area contributed by atoms with Crippen LogP contribution in [0, 0.1) is 5.39 Å². The molecule has 0 amide bonds. The molecule has 0 radical (unpaired) electrons. The molecule has 1 saturated heterocycles. The predicted octanol–water partition coefficient (Wildman–Crippen LogP) is -2.59. The van der Waals surface area contributed by atoms with Gasteiger partial charge in [-0.3, -0.25) is 4.57 Å². The van der Waals surface area contributed by atoms with Crippen molar-refractivity contribution in [3.8, 4) is 5.88 Å². The zero-order chi connectivity index (χ0) is 14.2. The average Bonchev–Trinajstić information content (AvgIpc) is 2.67. The van der Waals surface area contributed by atoms with Gasteiger partial charge in [-0.25, -0.2) is 9.78 Å². The van der Waals surface area contributed by atoms with Gasteiger partial charge >= 0.3 is 11.4 Å². The summed E-state index contributed by atoms with van der Waals surface area (Å²) in [6, 6.07) is 0. The van der Waals surface area contributed by atoms with Crippen molar-refractivity contribution in [2.45, 2.75) is 24.5 Å². The number of rotatable bonds is 2. The van der Waals surface area contributed by atoms with E-state index in [9.17, 15) is 20.1 Å². The Morgan fingerprint density at radius 1 is 1.53 bits per heavy atom. The third-order valence-corrected chi connectivity index (χ3v) is 2.80. The number of aliphatic hydroxyl groups excluding tert-OH is 3. The second kappa shape index (κ2) is 4.90. The maximum Gasteiger partial charge on any atom is 0.412 e. The van der Waals surface area contributed by atoms with Crippen LogP contribution in [0.3, 0.4) is 0 Å². The Hall–Kier alpha value is -2.06. The summed E-state index contributed by atoms with van der Waals surface area (Å²) in [5.41, 5.74) is -1.55. The van der Waals surface area contributed by atoms with E-state index in [-0.39, 0.29) is 0 Å². The highest BCUT2D eigenvalue weighted by Gasteiger charge is 2.44. The van der Waals surface area contributed by atoms with Crippen LogP contribution in [0.15, 0.2) is 11.0 Å². The molecule has 1 aliphatic rings. The van der Waals surface area contributed by atoms with E-state index >= 15 is 0 Å². The lowest BCUT2D eigenvalue weighted by molar-refractivity contribution is -0.274. The molecule has 0 aliphatic carbocycles. The van der Waals surface area contributed by atoms with Gasteiger partial charge < -0.3 is 25.2 Å². The molecule has 3 N–H and O–H groups in total. The van der Waals surface area contributed by atoms with Crippen LogP contribution in [0.5, 0.6) is 5.88 Å². The molecule has 0 bridgehead atoms. The summed E-state index contributed by atoms with van der Waals surface area (Å²) in [7, 11) is 0. The largest absolute Gasteiger partial charge is 0.853 e. The Morgan fingerprint density at radius 3 is 2.74 bits per heavy atom. The molecule has 1 fully saturated rings. The van der Waals surface area contributed by atoms with Gasteiger partial charge in [-0.05, 0) is 0 Å². The van der Waals surface area contributed by atoms with Crippen molar-refractivity contribution in [1.82, 2.24) is 9.55 Å². The highest BCUT2D eigenvalue weighted by molar-refractivity contribution is 5.48. The fourth-order valence-corrected chi connectivity index (χ4v) is 1.80. The van der Waals surface area contributed by atoms with Crippen LogP contribution in [0.1, 0.15) is 6.23 Å². The summed E-state index contributed by atoms with van der Waals surface area (Å²) in [6.45, 7) is -0.562. The van der Waals surface area contributed by atoms with E-state index in [4.69, 9.17) is 15.2 Å². The van der Waals surface area contributed by atoms with E-state index in [1.54, 1.807) is 0 Å². The molecule has 1 aromatic rings. The van der Waals surface area contributed by atoms with E-state index in [0.717, 1.165) is 6.20 Å².